The van der Waals surface area contributed by atoms with E-state index in [9.17, 15) is 13.2 Å². The van der Waals surface area contributed by atoms with Gasteiger partial charge in [0.15, 0.2) is 0 Å². The Labute approximate surface area is 163 Å². The first-order valence-corrected chi connectivity index (χ1v) is 11.1. The van der Waals surface area contributed by atoms with Gasteiger partial charge in [-0.25, -0.2) is 8.42 Å². The van der Waals surface area contributed by atoms with E-state index in [2.05, 4.69) is 19.2 Å². The summed E-state index contributed by atoms with van der Waals surface area (Å²) in [6.07, 6.45) is 5.31. The maximum atomic E-state index is 12.4. The third-order valence-corrected chi connectivity index (χ3v) is 5.60. The maximum Gasteiger partial charge on any atom is 0.240 e. The van der Waals surface area contributed by atoms with E-state index in [4.69, 9.17) is 9.47 Å². The van der Waals surface area contributed by atoms with Crippen LogP contribution in [-0.4, -0.2) is 47.9 Å². The molecular weight excluding hydrogens is 368 g/mol. The monoisotopic (exact) mass is 400 g/mol. The number of methoxy groups -OCH3 is 2. The number of carbonyl (C=O) groups is 1. The molecule has 0 heterocycles. The van der Waals surface area contributed by atoms with E-state index in [-0.39, 0.29) is 18.1 Å². The highest BCUT2D eigenvalue weighted by Crippen LogP contribution is 2.33. The second-order valence-corrected chi connectivity index (χ2v) is 8.43. The van der Waals surface area contributed by atoms with Gasteiger partial charge < -0.3 is 14.8 Å². The number of carbonyl (C=O) groups excluding carboxylic acids is 1. The topological polar surface area (TPSA) is 84.9 Å². The van der Waals surface area contributed by atoms with Crippen molar-refractivity contribution in [2.24, 2.45) is 5.92 Å². The second kappa shape index (κ2) is 11.0. The van der Waals surface area contributed by atoms with Gasteiger partial charge in [0, 0.05) is 12.6 Å². The summed E-state index contributed by atoms with van der Waals surface area (Å²) < 4.78 is 36.1. The molecule has 1 rings (SSSR count). The van der Waals surface area contributed by atoms with Crippen LogP contribution in [0.1, 0.15) is 39.5 Å². The Kier molecular flexibility index (Phi) is 9.41. The molecule has 7 nitrogen and oxygen atoms in total. The predicted molar refractivity (Wildman–Crippen MR) is 108 cm³/mol. The number of benzene rings is 1. The van der Waals surface area contributed by atoms with Crippen LogP contribution in [0.4, 0.5) is 5.69 Å². The SMILES string of the molecule is CCCC[C@H](CC)CNC(=O)CN(c1cc(OC)ccc1OC)S(C)(=O)=O. The number of hydrogen-bond donors (Lipinski definition) is 1. The normalized spacial score (nSPS) is 12.3. The highest BCUT2D eigenvalue weighted by molar-refractivity contribution is 7.92. The number of amides is 1. The summed E-state index contributed by atoms with van der Waals surface area (Å²) in [5.74, 6) is 0.876. The minimum Gasteiger partial charge on any atom is -0.497 e. The molecule has 0 unspecified atom stereocenters. The van der Waals surface area contributed by atoms with E-state index in [1.807, 2.05) is 0 Å². The van der Waals surface area contributed by atoms with Crippen LogP contribution in [-0.2, 0) is 14.8 Å². The van der Waals surface area contributed by atoms with Gasteiger partial charge in [0.05, 0.1) is 26.2 Å². The van der Waals surface area contributed by atoms with Crippen LogP contribution in [0.25, 0.3) is 0 Å². The van der Waals surface area contributed by atoms with Gasteiger partial charge in [0.2, 0.25) is 15.9 Å². The van der Waals surface area contributed by atoms with E-state index in [0.717, 1.165) is 36.2 Å². The van der Waals surface area contributed by atoms with Crippen LogP contribution in [0.3, 0.4) is 0 Å². The van der Waals surface area contributed by atoms with Gasteiger partial charge in [0.1, 0.15) is 18.0 Å². The lowest BCUT2D eigenvalue weighted by Gasteiger charge is -2.24. The molecule has 0 aliphatic heterocycles. The molecule has 1 atom stereocenters. The van der Waals surface area contributed by atoms with Crippen LogP contribution in [0.2, 0.25) is 0 Å². The first-order valence-electron chi connectivity index (χ1n) is 9.23. The average molecular weight is 401 g/mol. The number of unbranched alkanes of at least 4 members (excludes halogenated alkanes) is 1. The summed E-state index contributed by atoms with van der Waals surface area (Å²) >= 11 is 0. The van der Waals surface area contributed by atoms with E-state index in [1.165, 1.54) is 14.2 Å². The van der Waals surface area contributed by atoms with Crippen LogP contribution in [0.15, 0.2) is 18.2 Å². The van der Waals surface area contributed by atoms with Crippen LogP contribution < -0.4 is 19.1 Å². The number of hydrogen-bond acceptors (Lipinski definition) is 5. The molecule has 0 aliphatic rings. The van der Waals surface area contributed by atoms with Crippen molar-refractivity contribution in [1.29, 1.82) is 0 Å². The van der Waals surface area contributed by atoms with Gasteiger partial charge in [-0.1, -0.05) is 33.1 Å². The van der Waals surface area contributed by atoms with Gasteiger partial charge in [-0.3, -0.25) is 9.10 Å². The van der Waals surface area contributed by atoms with Crippen LogP contribution >= 0.6 is 0 Å². The number of nitrogens with one attached hydrogen (secondary N) is 1. The van der Waals surface area contributed by atoms with Crippen LogP contribution in [0, 0.1) is 5.92 Å². The number of rotatable bonds is 12. The molecular formula is C19H32N2O5S. The molecule has 0 saturated carbocycles. The zero-order valence-corrected chi connectivity index (χ0v) is 17.8. The average Bonchev–Trinajstić information content (AvgIpc) is 2.64. The molecule has 0 aromatic heterocycles. The van der Waals surface area contributed by atoms with Gasteiger partial charge in [-0.15, -0.1) is 0 Å². The van der Waals surface area contributed by atoms with Crippen molar-refractivity contribution in [2.75, 3.05) is 37.9 Å². The van der Waals surface area contributed by atoms with Crippen molar-refractivity contribution in [3.63, 3.8) is 0 Å². The minimum atomic E-state index is -3.69. The lowest BCUT2D eigenvalue weighted by atomic mass is 9.99. The van der Waals surface area contributed by atoms with Gasteiger partial charge in [-0.2, -0.15) is 0 Å². The van der Waals surface area contributed by atoms with E-state index in [1.54, 1.807) is 18.2 Å². The molecule has 1 aromatic rings. The number of nitrogens with zero attached hydrogens (tertiary/aromatic N) is 1. The van der Waals surface area contributed by atoms with E-state index in [0.29, 0.717) is 24.0 Å². The summed E-state index contributed by atoms with van der Waals surface area (Å²) in [6, 6.07) is 4.83. The summed E-state index contributed by atoms with van der Waals surface area (Å²) in [6.45, 7) is 4.46. The molecule has 0 aliphatic carbocycles. The van der Waals surface area contributed by atoms with Gasteiger partial charge >= 0.3 is 0 Å². The lowest BCUT2D eigenvalue weighted by Crippen LogP contribution is -2.41. The smallest absolute Gasteiger partial charge is 0.240 e. The fourth-order valence-corrected chi connectivity index (χ4v) is 3.61. The minimum absolute atomic E-state index is 0.271. The fraction of sp³-hybridized carbons (Fsp3) is 0.632. The van der Waals surface area contributed by atoms with E-state index < -0.39 is 10.0 Å². The van der Waals surface area contributed by atoms with E-state index >= 15 is 0 Å². The van der Waals surface area contributed by atoms with Gasteiger partial charge in [-0.05, 0) is 24.5 Å². The van der Waals surface area contributed by atoms with Gasteiger partial charge in [0.25, 0.3) is 0 Å². The number of anilines is 1. The van der Waals surface area contributed by atoms with Crippen LogP contribution in [0.5, 0.6) is 11.5 Å². The predicted octanol–water partition coefficient (Wildman–Crippen LogP) is 2.80. The third-order valence-electron chi connectivity index (χ3n) is 4.47. The molecule has 1 aromatic carbocycles. The second-order valence-electron chi connectivity index (χ2n) is 6.53. The fourth-order valence-electron chi connectivity index (χ4n) is 2.76. The zero-order chi connectivity index (χ0) is 20.4. The summed E-state index contributed by atoms with van der Waals surface area (Å²) in [4.78, 5) is 12.4. The quantitative estimate of drug-likeness (QED) is 0.583. The molecule has 1 amide bonds. The standard InChI is InChI=1S/C19H32N2O5S/c1-6-8-9-15(7-2)13-20-19(22)14-21(27(5,23)24)17-12-16(25-3)10-11-18(17)26-4/h10-12,15H,6-9,13-14H2,1-5H3,(H,20,22)/t15-/m0/s1. The van der Waals surface area contributed by atoms with Crippen molar-refractivity contribution < 1.29 is 22.7 Å². The number of ether oxygens (including phenoxy) is 2. The maximum absolute atomic E-state index is 12.4. The molecule has 0 bridgehead atoms. The molecule has 0 saturated heterocycles. The molecule has 27 heavy (non-hydrogen) atoms. The number of sulfonamides is 1. The molecule has 8 heteroatoms. The summed E-state index contributed by atoms with van der Waals surface area (Å²) in [5, 5.41) is 2.86. The van der Waals surface area contributed by atoms with Crippen molar-refractivity contribution in [3.8, 4) is 11.5 Å². The zero-order valence-electron chi connectivity index (χ0n) is 16.9. The molecule has 0 radical (unpaired) electrons. The first-order chi connectivity index (χ1) is 12.8. The molecule has 154 valence electrons. The Morgan fingerprint density at radius 1 is 1.22 bits per heavy atom. The molecule has 0 fully saturated rings. The highest BCUT2D eigenvalue weighted by atomic mass is 32.2. The molecule has 1 N–H and O–H groups in total. The Hall–Kier alpha value is -1.96. The first kappa shape index (κ1) is 23.1. The summed E-state index contributed by atoms with van der Waals surface area (Å²) in [7, 11) is -0.752. The Bertz CT molecular complexity index is 706. The van der Waals surface area contributed by atoms with Crippen molar-refractivity contribution >= 4 is 21.6 Å². The van der Waals surface area contributed by atoms with Crippen molar-refractivity contribution in [3.05, 3.63) is 18.2 Å². The largest absolute Gasteiger partial charge is 0.497 e. The Morgan fingerprint density at radius 2 is 1.93 bits per heavy atom. The highest BCUT2D eigenvalue weighted by Gasteiger charge is 2.25. The Balaban J connectivity index is 2.95. The molecule has 0 spiro atoms. The summed E-state index contributed by atoms with van der Waals surface area (Å²) in [5.41, 5.74) is 0.271. The lowest BCUT2D eigenvalue weighted by molar-refractivity contribution is -0.119. The Morgan fingerprint density at radius 3 is 2.44 bits per heavy atom. The van der Waals surface area contributed by atoms with Crippen molar-refractivity contribution in [2.45, 2.75) is 39.5 Å². The van der Waals surface area contributed by atoms with Crippen molar-refractivity contribution in [1.82, 2.24) is 5.32 Å². The third kappa shape index (κ3) is 7.28.